The fraction of sp³-hybridized carbons (Fsp3) is 0.294. The average molecular weight is 389 g/mol. The summed E-state index contributed by atoms with van der Waals surface area (Å²) in [6, 6.07) is 6.68. The summed E-state index contributed by atoms with van der Waals surface area (Å²) in [5.41, 5.74) is 7.31. The number of hydrogen-bond donors (Lipinski definition) is 2. The summed E-state index contributed by atoms with van der Waals surface area (Å²) in [6.45, 7) is 2.11. The number of methoxy groups -OCH3 is 1. The zero-order chi connectivity index (χ0) is 19.6. The Morgan fingerprint density at radius 3 is 2.67 bits per heavy atom. The molecule has 0 amide bonds. The molecule has 1 aromatic carbocycles. The molecule has 2 heterocycles. The number of carbonyl (C=O) groups is 1. The van der Waals surface area contributed by atoms with E-state index in [0.717, 1.165) is 5.56 Å². The fourth-order valence-electron chi connectivity index (χ4n) is 2.60. The highest BCUT2D eigenvalue weighted by atomic mass is 32.2. The van der Waals surface area contributed by atoms with Crippen LogP contribution in [0.4, 0.5) is 5.82 Å². The number of esters is 1. The van der Waals surface area contributed by atoms with Crippen molar-refractivity contribution in [2.75, 3.05) is 18.6 Å². The number of nitrogens with two attached hydrogens (primary N) is 1. The number of hydrogen-bond acceptors (Lipinski definition) is 7. The largest absolute Gasteiger partial charge is 0.609 e. The van der Waals surface area contributed by atoms with Crippen LogP contribution in [-0.4, -0.2) is 42.9 Å². The smallest absolute Gasteiger partial charge is 0.346 e. The standard InChI is InChI=1S/C17H19N5O4S/c1-3-8-27(25)16-20-13(18)12-14(21-16)22(17(24)19-12)9-10-4-6-11(7-5-10)15(23)26-2/h4-7H,3,8-9H2,1-2H3,(H,19,24)(H2,18,20,21). The molecule has 0 bridgehead atoms. The molecule has 0 spiro atoms. The summed E-state index contributed by atoms with van der Waals surface area (Å²) in [4.78, 5) is 34.9. The summed E-state index contributed by atoms with van der Waals surface area (Å²) in [5, 5.41) is 0.107. The van der Waals surface area contributed by atoms with E-state index in [9.17, 15) is 14.1 Å². The van der Waals surface area contributed by atoms with Crippen molar-refractivity contribution in [1.29, 1.82) is 0 Å². The molecule has 3 N–H and O–H groups in total. The Morgan fingerprint density at radius 2 is 2.04 bits per heavy atom. The maximum Gasteiger partial charge on any atom is 0.346 e. The van der Waals surface area contributed by atoms with Gasteiger partial charge in [-0.2, -0.15) is 9.97 Å². The van der Waals surface area contributed by atoms with Crippen LogP contribution in [0.5, 0.6) is 0 Å². The number of aromatic amines is 1. The molecular formula is C17H19N5O4S. The van der Waals surface area contributed by atoms with Gasteiger partial charge in [0.2, 0.25) is 0 Å². The number of nitrogen functional groups attached to an aromatic ring is 1. The highest BCUT2D eigenvalue weighted by Gasteiger charge is 2.20. The highest BCUT2D eigenvalue weighted by Crippen LogP contribution is 2.18. The Morgan fingerprint density at radius 1 is 1.33 bits per heavy atom. The lowest BCUT2D eigenvalue weighted by Gasteiger charge is -2.09. The van der Waals surface area contributed by atoms with Crippen LogP contribution in [0.15, 0.2) is 34.2 Å². The van der Waals surface area contributed by atoms with Crippen molar-refractivity contribution < 1.29 is 14.1 Å². The number of benzene rings is 1. The van der Waals surface area contributed by atoms with Crippen LogP contribution in [-0.2, 0) is 22.5 Å². The van der Waals surface area contributed by atoms with Crippen LogP contribution in [0.2, 0.25) is 0 Å². The number of carbonyl (C=O) groups excluding carboxylic acids is 1. The molecule has 9 nitrogen and oxygen atoms in total. The van der Waals surface area contributed by atoms with E-state index in [1.807, 2.05) is 6.92 Å². The number of rotatable bonds is 6. The molecule has 0 saturated carbocycles. The van der Waals surface area contributed by atoms with Crippen molar-refractivity contribution in [2.24, 2.45) is 0 Å². The Bertz CT molecular complexity index is 1030. The molecule has 3 rings (SSSR count). The average Bonchev–Trinajstić information content (AvgIpc) is 2.98. The van der Waals surface area contributed by atoms with E-state index in [0.29, 0.717) is 28.9 Å². The third-order valence-corrected chi connectivity index (χ3v) is 5.31. The molecular weight excluding hydrogens is 370 g/mol. The van der Waals surface area contributed by atoms with Crippen molar-refractivity contribution in [2.45, 2.75) is 25.0 Å². The van der Waals surface area contributed by atoms with E-state index in [1.54, 1.807) is 24.3 Å². The van der Waals surface area contributed by atoms with Crippen molar-refractivity contribution in [1.82, 2.24) is 19.5 Å². The van der Waals surface area contributed by atoms with E-state index in [2.05, 4.69) is 19.7 Å². The number of nitrogens with one attached hydrogen (secondary N) is 1. The third-order valence-electron chi connectivity index (χ3n) is 3.94. The van der Waals surface area contributed by atoms with Crippen LogP contribution >= 0.6 is 0 Å². The molecule has 0 aliphatic carbocycles. The Hall–Kier alpha value is -2.85. The number of H-pyrrole nitrogens is 1. The first kappa shape index (κ1) is 18.9. The van der Waals surface area contributed by atoms with Crippen LogP contribution in [0.1, 0.15) is 29.3 Å². The lowest BCUT2D eigenvalue weighted by Crippen LogP contribution is -2.18. The lowest BCUT2D eigenvalue weighted by atomic mass is 10.1. The predicted octanol–water partition coefficient (Wildman–Crippen LogP) is 1.05. The number of imidazole rings is 1. The lowest BCUT2D eigenvalue weighted by molar-refractivity contribution is 0.0600. The maximum absolute atomic E-state index is 12.4. The van der Waals surface area contributed by atoms with E-state index in [4.69, 9.17) is 5.73 Å². The van der Waals surface area contributed by atoms with Gasteiger partial charge in [-0.25, -0.2) is 9.59 Å². The SMILES string of the molecule is CCC[S+]([O-])c1nc(N)c2[nH]c(=O)n(Cc3ccc(C(=O)OC)cc3)c2n1. The topological polar surface area (TPSA) is 139 Å². The molecule has 3 aromatic rings. The van der Waals surface area contributed by atoms with E-state index in [-0.39, 0.29) is 17.5 Å². The van der Waals surface area contributed by atoms with Gasteiger partial charge in [0.1, 0.15) is 11.3 Å². The Balaban J connectivity index is 1.99. The molecule has 142 valence electrons. The quantitative estimate of drug-likeness (QED) is 0.365. The first-order chi connectivity index (χ1) is 12.9. The molecule has 0 aliphatic rings. The van der Waals surface area contributed by atoms with Gasteiger partial charge in [0.25, 0.3) is 0 Å². The summed E-state index contributed by atoms with van der Waals surface area (Å²) < 4.78 is 18.3. The molecule has 1 atom stereocenters. The van der Waals surface area contributed by atoms with Crippen LogP contribution in [0.25, 0.3) is 11.2 Å². The van der Waals surface area contributed by atoms with Gasteiger partial charge in [-0.1, -0.05) is 19.1 Å². The molecule has 0 fully saturated rings. The summed E-state index contributed by atoms with van der Waals surface area (Å²) >= 11 is -1.39. The van der Waals surface area contributed by atoms with Crippen LogP contribution in [0.3, 0.4) is 0 Å². The predicted molar refractivity (Wildman–Crippen MR) is 101 cm³/mol. The van der Waals surface area contributed by atoms with E-state index >= 15 is 0 Å². The number of fused-ring (bicyclic) bond motifs is 1. The van der Waals surface area contributed by atoms with Crippen molar-refractivity contribution in [3.05, 3.63) is 45.9 Å². The number of anilines is 1. The second-order valence-corrected chi connectivity index (χ2v) is 7.31. The van der Waals surface area contributed by atoms with Gasteiger partial charge in [0, 0.05) is 11.2 Å². The van der Waals surface area contributed by atoms with Gasteiger partial charge in [0.05, 0.1) is 19.2 Å². The van der Waals surface area contributed by atoms with E-state index < -0.39 is 22.8 Å². The minimum Gasteiger partial charge on any atom is -0.609 e. The monoisotopic (exact) mass is 389 g/mol. The molecule has 2 aromatic heterocycles. The molecule has 0 radical (unpaired) electrons. The van der Waals surface area contributed by atoms with Crippen LogP contribution < -0.4 is 11.4 Å². The second kappa shape index (κ2) is 7.80. The number of ether oxygens (including phenoxy) is 1. The van der Waals surface area contributed by atoms with Gasteiger partial charge < -0.3 is 20.0 Å². The van der Waals surface area contributed by atoms with Gasteiger partial charge >= 0.3 is 16.8 Å². The highest BCUT2D eigenvalue weighted by molar-refractivity contribution is 7.91. The number of aromatic nitrogens is 4. The molecule has 10 heteroatoms. The third kappa shape index (κ3) is 3.81. The number of nitrogens with zero attached hydrogens (tertiary/aromatic N) is 3. The van der Waals surface area contributed by atoms with Gasteiger partial charge in [0.15, 0.2) is 11.5 Å². The molecule has 0 saturated heterocycles. The summed E-state index contributed by atoms with van der Waals surface area (Å²) in [7, 11) is 1.31. The maximum atomic E-state index is 12.4. The normalized spacial score (nSPS) is 12.3. The second-order valence-electron chi connectivity index (χ2n) is 5.84. The van der Waals surface area contributed by atoms with Gasteiger partial charge in [-0.3, -0.25) is 4.57 Å². The van der Waals surface area contributed by atoms with Gasteiger partial charge in [-0.05, 0) is 24.1 Å². The minimum absolute atomic E-state index is 0.0799. The zero-order valence-corrected chi connectivity index (χ0v) is 15.7. The minimum atomic E-state index is -1.39. The van der Waals surface area contributed by atoms with Crippen LogP contribution in [0, 0.1) is 0 Å². The first-order valence-electron chi connectivity index (χ1n) is 8.26. The molecule has 0 aliphatic heterocycles. The Kier molecular flexibility index (Phi) is 5.47. The van der Waals surface area contributed by atoms with E-state index in [1.165, 1.54) is 11.7 Å². The Labute approximate surface area is 157 Å². The van der Waals surface area contributed by atoms with Crippen molar-refractivity contribution in [3.8, 4) is 0 Å². The first-order valence-corrected chi connectivity index (χ1v) is 9.58. The fourth-order valence-corrected chi connectivity index (χ4v) is 3.54. The molecule has 27 heavy (non-hydrogen) atoms. The summed E-state index contributed by atoms with van der Waals surface area (Å²) in [6.07, 6.45) is 0.709. The van der Waals surface area contributed by atoms with Gasteiger partial charge in [-0.15, -0.1) is 0 Å². The molecule has 1 unspecified atom stereocenters. The van der Waals surface area contributed by atoms with Crippen molar-refractivity contribution >= 4 is 34.1 Å². The zero-order valence-electron chi connectivity index (χ0n) is 14.9. The summed E-state index contributed by atoms with van der Waals surface area (Å²) in [5.74, 6) is 0.0555. The van der Waals surface area contributed by atoms with Crippen molar-refractivity contribution in [3.63, 3.8) is 0 Å².